The number of anilines is 1. The van der Waals surface area contributed by atoms with E-state index in [4.69, 9.17) is 4.52 Å². The number of nitrogens with zero attached hydrogens (tertiary/aromatic N) is 4. The van der Waals surface area contributed by atoms with Crippen LogP contribution in [0.15, 0.2) is 47.2 Å². The van der Waals surface area contributed by atoms with Crippen molar-refractivity contribution in [3.63, 3.8) is 0 Å². The van der Waals surface area contributed by atoms with Crippen molar-refractivity contribution >= 4 is 17.2 Å². The van der Waals surface area contributed by atoms with Crippen molar-refractivity contribution in [2.24, 2.45) is 0 Å². The quantitative estimate of drug-likeness (QED) is 0.511. The van der Waals surface area contributed by atoms with E-state index >= 15 is 0 Å². The Morgan fingerprint density at radius 3 is 2.81 bits per heavy atom. The lowest BCUT2D eigenvalue weighted by Gasteiger charge is -2.31. The van der Waals surface area contributed by atoms with Gasteiger partial charge >= 0.3 is 0 Å². The molecule has 4 aromatic rings. The fourth-order valence-electron chi connectivity index (χ4n) is 3.86. The molecule has 0 aliphatic heterocycles. The Balaban J connectivity index is 1.43. The number of fused-ring (bicyclic) bond motifs is 1. The molecule has 3 heterocycles. The highest BCUT2D eigenvalue weighted by atomic mass is 19.3. The number of imidazole rings is 1. The summed E-state index contributed by atoms with van der Waals surface area (Å²) in [6.45, 7) is 3.78. The average molecular weight is 423 g/mol. The molecule has 1 aromatic carbocycles. The molecule has 0 saturated heterocycles. The number of carbonyl (C=O) groups excluding carboxylic acids is 1. The molecule has 0 unspecified atom stereocenters. The largest absolute Gasteiger partial charge is 0.339 e. The summed E-state index contributed by atoms with van der Waals surface area (Å²) in [7, 11) is 0. The summed E-state index contributed by atoms with van der Waals surface area (Å²) in [5.41, 5.74) is 4.10. The second kappa shape index (κ2) is 6.97. The maximum Gasteiger partial charge on any atom is 0.274 e. The number of benzene rings is 1. The zero-order valence-electron chi connectivity index (χ0n) is 16.9. The summed E-state index contributed by atoms with van der Waals surface area (Å²) in [5.74, 6) is -2.85. The topological polar surface area (TPSA) is 85.3 Å². The first-order valence-electron chi connectivity index (χ1n) is 9.87. The third kappa shape index (κ3) is 3.45. The summed E-state index contributed by atoms with van der Waals surface area (Å²) in [4.78, 5) is 21.5. The lowest BCUT2D eigenvalue weighted by atomic mass is 9.81. The summed E-state index contributed by atoms with van der Waals surface area (Å²) >= 11 is 0. The maximum atomic E-state index is 13.2. The smallest absolute Gasteiger partial charge is 0.274 e. The molecule has 158 valence electrons. The number of rotatable bonds is 4. The minimum atomic E-state index is -2.66. The van der Waals surface area contributed by atoms with E-state index in [2.05, 4.69) is 20.4 Å². The first kappa shape index (κ1) is 19.3. The first-order valence-corrected chi connectivity index (χ1v) is 9.87. The van der Waals surface area contributed by atoms with Gasteiger partial charge < -0.3 is 9.84 Å². The number of hydrogen-bond acceptors (Lipinski definition) is 5. The van der Waals surface area contributed by atoms with E-state index in [9.17, 15) is 13.6 Å². The minimum absolute atomic E-state index is 0.220. The van der Waals surface area contributed by atoms with Gasteiger partial charge in [0.05, 0.1) is 6.20 Å². The van der Waals surface area contributed by atoms with Crippen molar-refractivity contribution in [3.05, 3.63) is 65.4 Å². The van der Waals surface area contributed by atoms with Crippen molar-refractivity contribution in [2.45, 2.75) is 38.5 Å². The maximum absolute atomic E-state index is 13.2. The van der Waals surface area contributed by atoms with Gasteiger partial charge in [0.2, 0.25) is 17.6 Å². The Hall–Kier alpha value is -3.62. The molecule has 5 rings (SSSR count). The van der Waals surface area contributed by atoms with Crippen LogP contribution in [0.4, 0.5) is 14.5 Å². The predicted octanol–water partition coefficient (Wildman–Crippen LogP) is 4.77. The molecule has 7 nitrogen and oxygen atoms in total. The lowest BCUT2D eigenvalue weighted by molar-refractivity contribution is -0.0925. The van der Waals surface area contributed by atoms with Gasteiger partial charge in [-0.2, -0.15) is 4.98 Å². The lowest BCUT2D eigenvalue weighted by Crippen LogP contribution is -2.33. The van der Waals surface area contributed by atoms with Crippen molar-refractivity contribution < 1.29 is 18.1 Å². The fraction of sp³-hybridized carbons (Fsp3) is 0.273. The van der Waals surface area contributed by atoms with Gasteiger partial charge in [0.15, 0.2) is 0 Å². The standard InChI is InChI=1S/C22H19F2N5O2/c1-12-7-13(2)16(26-20(30)17-11-25-18-5-3-4-6-29(17)18)8-15(12)19-27-21(31-28-19)14-9-22(23,24)10-14/h3-8,11,14H,9-10H2,1-2H3,(H,26,30). The van der Waals surface area contributed by atoms with Gasteiger partial charge in [0.25, 0.3) is 5.91 Å². The van der Waals surface area contributed by atoms with E-state index in [-0.39, 0.29) is 24.6 Å². The summed E-state index contributed by atoms with van der Waals surface area (Å²) in [6.07, 6.45) is 2.74. The highest BCUT2D eigenvalue weighted by Crippen LogP contribution is 2.48. The van der Waals surface area contributed by atoms with Crippen molar-refractivity contribution in [1.82, 2.24) is 19.5 Å². The molecule has 1 aliphatic rings. The highest BCUT2D eigenvalue weighted by molar-refractivity contribution is 6.04. The normalized spacial score (nSPS) is 15.7. The predicted molar refractivity (Wildman–Crippen MR) is 109 cm³/mol. The molecule has 1 saturated carbocycles. The monoisotopic (exact) mass is 423 g/mol. The van der Waals surface area contributed by atoms with Gasteiger partial charge in [-0.05, 0) is 43.2 Å². The van der Waals surface area contributed by atoms with Crippen LogP contribution in [0.2, 0.25) is 0 Å². The second-order valence-electron chi connectivity index (χ2n) is 7.93. The molecule has 1 fully saturated rings. The molecule has 1 N–H and O–H groups in total. The van der Waals surface area contributed by atoms with Gasteiger partial charge in [-0.15, -0.1) is 0 Å². The van der Waals surface area contributed by atoms with E-state index in [1.165, 1.54) is 6.20 Å². The van der Waals surface area contributed by atoms with Crippen LogP contribution in [0.1, 0.15) is 46.3 Å². The molecule has 3 aromatic heterocycles. The van der Waals surface area contributed by atoms with Gasteiger partial charge in [0.1, 0.15) is 11.3 Å². The Bertz CT molecular complexity index is 1300. The van der Waals surface area contributed by atoms with Crippen LogP contribution >= 0.6 is 0 Å². The summed E-state index contributed by atoms with van der Waals surface area (Å²) in [6, 6.07) is 9.18. The molecule has 0 bridgehead atoms. The van der Waals surface area contributed by atoms with E-state index in [0.29, 0.717) is 28.4 Å². The number of hydrogen-bond donors (Lipinski definition) is 1. The molecule has 0 atom stereocenters. The van der Waals surface area contributed by atoms with Crippen LogP contribution in [0.25, 0.3) is 17.0 Å². The third-order valence-electron chi connectivity index (χ3n) is 5.59. The SMILES string of the molecule is Cc1cc(C)c(-c2noc(C3CC(F)(F)C3)n2)cc1NC(=O)c1cnc2ccccn12. The molecule has 0 spiro atoms. The number of alkyl halides is 2. The highest BCUT2D eigenvalue weighted by Gasteiger charge is 2.48. The molecule has 31 heavy (non-hydrogen) atoms. The molecule has 1 aliphatic carbocycles. The zero-order valence-corrected chi connectivity index (χ0v) is 16.9. The van der Waals surface area contributed by atoms with Crippen LogP contribution in [-0.4, -0.2) is 31.4 Å². The van der Waals surface area contributed by atoms with Crippen molar-refractivity contribution in [2.75, 3.05) is 5.32 Å². The Kier molecular flexibility index (Phi) is 4.35. The first-order chi connectivity index (χ1) is 14.8. The van der Waals surface area contributed by atoms with E-state index < -0.39 is 11.8 Å². The van der Waals surface area contributed by atoms with E-state index in [1.54, 1.807) is 16.7 Å². The Morgan fingerprint density at radius 1 is 1.23 bits per heavy atom. The number of aromatic nitrogens is 4. The van der Waals surface area contributed by atoms with Gasteiger partial charge in [-0.25, -0.2) is 13.8 Å². The number of halogens is 2. The van der Waals surface area contributed by atoms with Gasteiger partial charge in [-0.1, -0.05) is 17.3 Å². The van der Waals surface area contributed by atoms with Crippen LogP contribution < -0.4 is 5.32 Å². The molecule has 9 heteroatoms. The Labute approximate surface area is 176 Å². The van der Waals surface area contributed by atoms with Crippen LogP contribution in [0.5, 0.6) is 0 Å². The molecular formula is C22H19F2N5O2. The van der Waals surface area contributed by atoms with E-state index in [1.807, 2.05) is 38.1 Å². The number of aryl methyl sites for hydroxylation is 2. The van der Waals surface area contributed by atoms with Crippen molar-refractivity contribution in [1.29, 1.82) is 0 Å². The second-order valence-corrected chi connectivity index (χ2v) is 7.93. The number of amides is 1. The van der Waals surface area contributed by atoms with E-state index in [0.717, 1.165) is 11.1 Å². The number of carbonyl (C=O) groups is 1. The molecular weight excluding hydrogens is 404 g/mol. The van der Waals surface area contributed by atoms with Gasteiger partial charge in [0, 0.05) is 36.2 Å². The Morgan fingerprint density at radius 2 is 2.03 bits per heavy atom. The molecule has 0 radical (unpaired) electrons. The van der Waals surface area contributed by atoms with Crippen molar-refractivity contribution in [3.8, 4) is 11.4 Å². The number of nitrogens with one attached hydrogen (secondary N) is 1. The number of pyridine rings is 1. The summed E-state index contributed by atoms with van der Waals surface area (Å²) in [5, 5.41) is 6.90. The van der Waals surface area contributed by atoms with Gasteiger partial charge in [-0.3, -0.25) is 9.20 Å². The third-order valence-corrected chi connectivity index (χ3v) is 5.59. The minimum Gasteiger partial charge on any atom is -0.339 e. The van der Waals surface area contributed by atoms with Crippen LogP contribution in [0, 0.1) is 13.8 Å². The summed E-state index contributed by atoms with van der Waals surface area (Å²) < 4.78 is 33.3. The van der Waals surface area contributed by atoms with Crippen LogP contribution in [-0.2, 0) is 0 Å². The fourth-order valence-corrected chi connectivity index (χ4v) is 3.86. The van der Waals surface area contributed by atoms with Crippen LogP contribution in [0.3, 0.4) is 0 Å². The zero-order chi connectivity index (χ0) is 21.8. The average Bonchev–Trinajstić information content (AvgIpc) is 3.35. The molecule has 1 amide bonds.